The topological polar surface area (TPSA) is 12.4 Å². The first-order valence-electron chi connectivity index (χ1n) is 2.47. The van der Waals surface area contributed by atoms with Gasteiger partial charge in [0.05, 0.1) is 5.71 Å². The average Bonchev–Trinajstić information content (AvgIpc) is 1.69. The highest BCUT2D eigenvalue weighted by Gasteiger charge is 1.87. The van der Waals surface area contributed by atoms with Gasteiger partial charge in [0.15, 0.2) is 0 Å². The molecule has 0 aromatic rings. The van der Waals surface area contributed by atoms with E-state index in [4.69, 9.17) is 0 Å². The van der Waals surface area contributed by atoms with Crippen molar-refractivity contribution in [3.05, 3.63) is 24.8 Å². The van der Waals surface area contributed by atoms with Crippen LogP contribution in [0.25, 0.3) is 0 Å². The minimum Gasteiger partial charge on any atom is -0.288 e. The molecule has 44 valence electrons. The molecule has 0 aromatic heterocycles. The van der Waals surface area contributed by atoms with E-state index in [2.05, 4.69) is 18.2 Å². The molecular formula is C7H11N. The second-order valence-electron chi connectivity index (χ2n) is 1.59. The monoisotopic (exact) mass is 109 g/mol. The fraction of sp³-hybridized carbons (Fsp3) is 0.286. The predicted molar refractivity (Wildman–Crippen MR) is 38.4 cm³/mol. The van der Waals surface area contributed by atoms with Crippen LogP contribution < -0.4 is 0 Å². The van der Waals surface area contributed by atoms with E-state index in [0.29, 0.717) is 0 Å². The number of hydrogen-bond donors (Lipinski definition) is 0. The number of allylic oxidation sites excluding steroid dienone is 2. The normalized spacial score (nSPS) is 11.0. The zero-order valence-corrected chi connectivity index (χ0v) is 5.44. The molecule has 0 fully saturated rings. The fourth-order valence-corrected chi connectivity index (χ4v) is 0.456. The molecule has 0 saturated carbocycles. The molecular weight excluding hydrogens is 98.1 g/mol. The Labute approximate surface area is 50.4 Å². The Bertz CT molecular complexity index is 131. The summed E-state index contributed by atoms with van der Waals surface area (Å²) in [5, 5.41) is 0. The quantitative estimate of drug-likeness (QED) is 0.479. The van der Waals surface area contributed by atoms with Gasteiger partial charge in [-0.2, -0.15) is 0 Å². The van der Waals surface area contributed by atoms with E-state index >= 15 is 0 Å². The third-order valence-corrected chi connectivity index (χ3v) is 0.872. The van der Waals surface area contributed by atoms with Crippen molar-refractivity contribution >= 4 is 5.71 Å². The third kappa shape index (κ3) is 1.73. The second kappa shape index (κ2) is 3.19. The highest BCUT2D eigenvalue weighted by atomic mass is 14.7. The Hall–Kier alpha value is -0.850. The van der Waals surface area contributed by atoms with Gasteiger partial charge in [0.2, 0.25) is 0 Å². The van der Waals surface area contributed by atoms with Crippen LogP contribution in [0, 0.1) is 0 Å². The largest absolute Gasteiger partial charge is 0.288 e. The molecule has 1 heteroatoms. The Balaban J connectivity index is 4.13. The van der Waals surface area contributed by atoms with E-state index in [9.17, 15) is 0 Å². The molecule has 0 aliphatic rings. The van der Waals surface area contributed by atoms with Gasteiger partial charge < -0.3 is 0 Å². The van der Waals surface area contributed by atoms with Crippen LogP contribution in [-0.2, 0) is 0 Å². The molecule has 0 aromatic carbocycles. The number of aliphatic imine (C=N–C) groups is 1. The number of hydrogen-bond acceptors (Lipinski definition) is 1. The van der Waals surface area contributed by atoms with Gasteiger partial charge in [0, 0.05) is 7.05 Å². The molecule has 1 nitrogen and oxygen atoms in total. The van der Waals surface area contributed by atoms with Crippen molar-refractivity contribution < 1.29 is 0 Å². The van der Waals surface area contributed by atoms with Crippen molar-refractivity contribution in [3.63, 3.8) is 0 Å². The highest BCUT2D eigenvalue weighted by molar-refractivity contribution is 6.07. The molecule has 0 saturated heterocycles. The number of nitrogens with zero attached hydrogens (tertiary/aromatic N) is 1. The van der Waals surface area contributed by atoms with E-state index in [1.54, 1.807) is 13.1 Å². The lowest BCUT2D eigenvalue weighted by Crippen LogP contribution is -1.91. The van der Waals surface area contributed by atoms with Crippen molar-refractivity contribution in [2.75, 3.05) is 7.05 Å². The molecule has 0 radical (unpaired) electrons. The molecule has 0 rings (SSSR count). The van der Waals surface area contributed by atoms with E-state index in [1.165, 1.54) is 0 Å². The average molecular weight is 109 g/mol. The Kier molecular flexibility index (Phi) is 2.85. The zero-order valence-electron chi connectivity index (χ0n) is 5.44. The van der Waals surface area contributed by atoms with Crippen molar-refractivity contribution in [1.29, 1.82) is 0 Å². The van der Waals surface area contributed by atoms with Gasteiger partial charge >= 0.3 is 0 Å². The van der Waals surface area contributed by atoms with Crippen molar-refractivity contribution in [1.82, 2.24) is 0 Å². The smallest absolute Gasteiger partial charge is 0.0588 e. The van der Waals surface area contributed by atoms with Gasteiger partial charge in [0.1, 0.15) is 0 Å². The standard InChI is InChI=1S/C7H11N/c1-5-7(8-4)6(2)3/h5H,1-2H2,3-4H3. The molecule has 0 amide bonds. The fourth-order valence-electron chi connectivity index (χ4n) is 0.456. The van der Waals surface area contributed by atoms with Crippen LogP contribution in [-0.4, -0.2) is 12.8 Å². The van der Waals surface area contributed by atoms with Crippen LogP contribution in [0.4, 0.5) is 0 Å². The van der Waals surface area contributed by atoms with Crippen molar-refractivity contribution in [2.24, 2.45) is 4.99 Å². The lowest BCUT2D eigenvalue weighted by molar-refractivity contribution is 1.42. The summed E-state index contributed by atoms with van der Waals surface area (Å²) in [7, 11) is 1.73. The van der Waals surface area contributed by atoms with Gasteiger partial charge in [-0.05, 0) is 18.6 Å². The van der Waals surface area contributed by atoms with Gasteiger partial charge in [-0.3, -0.25) is 4.99 Å². The van der Waals surface area contributed by atoms with Crippen LogP contribution in [0.2, 0.25) is 0 Å². The Morgan fingerprint density at radius 2 is 2.12 bits per heavy atom. The summed E-state index contributed by atoms with van der Waals surface area (Å²) in [5.41, 5.74) is 1.84. The van der Waals surface area contributed by atoms with Crippen molar-refractivity contribution in [3.8, 4) is 0 Å². The van der Waals surface area contributed by atoms with Crippen LogP contribution in [0.15, 0.2) is 29.8 Å². The summed E-state index contributed by atoms with van der Waals surface area (Å²) in [5.74, 6) is 0. The van der Waals surface area contributed by atoms with Crippen LogP contribution in [0.1, 0.15) is 6.92 Å². The Morgan fingerprint density at radius 1 is 1.62 bits per heavy atom. The molecule has 8 heavy (non-hydrogen) atoms. The number of rotatable bonds is 2. The van der Waals surface area contributed by atoms with Crippen LogP contribution in [0.3, 0.4) is 0 Å². The van der Waals surface area contributed by atoms with E-state index < -0.39 is 0 Å². The SMILES string of the molecule is C=CC(=NC)C(=C)C. The molecule has 0 aliphatic heterocycles. The van der Waals surface area contributed by atoms with E-state index in [1.807, 2.05) is 6.92 Å². The zero-order chi connectivity index (χ0) is 6.57. The summed E-state index contributed by atoms with van der Waals surface area (Å²) in [6, 6.07) is 0. The van der Waals surface area contributed by atoms with Gasteiger partial charge in [0.25, 0.3) is 0 Å². The van der Waals surface area contributed by atoms with Crippen molar-refractivity contribution in [2.45, 2.75) is 6.92 Å². The molecule has 0 bridgehead atoms. The lowest BCUT2D eigenvalue weighted by Gasteiger charge is -1.92. The van der Waals surface area contributed by atoms with Gasteiger partial charge in [-0.25, -0.2) is 0 Å². The van der Waals surface area contributed by atoms with E-state index in [0.717, 1.165) is 11.3 Å². The lowest BCUT2D eigenvalue weighted by atomic mass is 10.2. The third-order valence-electron chi connectivity index (χ3n) is 0.872. The maximum Gasteiger partial charge on any atom is 0.0588 e. The summed E-state index contributed by atoms with van der Waals surface area (Å²) < 4.78 is 0. The molecule has 0 unspecified atom stereocenters. The first-order valence-corrected chi connectivity index (χ1v) is 2.47. The van der Waals surface area contributed by atoms with Gasteiger partial charge in [-0.1, -0.05) is 13.2 Å². The minimum atomic E-state index is 0.880. The first-order chi connectivity index (χ1) is 3.72. The summed E-state index contributed by atoms with van der Waals surface area (Å²) in [4.78, 5) is 3.91. The predicted octanol–water partition coefficient (Wildman–Crippen LogP) is 1.82. The highest BCUT2D eigenvalue weighted by Crippen LogP contribution is 1.91. The van der Waals surface area contributed by atoms with E-state index in [-0.39, 0.29) is 0 Å². The molecule has 0 N–H and O–H groups in total. The molecule has 0 aliphatic carbocycles. The summed E-state index contributed by atoms with van der Waals surface area (Å²) in [6.45, 7) is 9.16. The molecule has 0 atom stereocenters. The summed E-state index contributed by atoms with van der Waals surface area (Å²) >= 11 is 0. The maximum atomic E-state index is 3.91. The maximum absolute atomic E-state index is 3.91. The first kappa shape index (κ1) is 7.15. The Morgan fingerprint density at radius 3 is 2.12 bits per heavy atom. The molecule has 0 spiro atoms. The van der Waals surface area contributed by atoms with Gasteiger partial charge in [-0.15, -0.1) is 0 Å². The minimum absolute atomic E-state index is 0.880. The molecule has 0 heterocycles. The summed E-state index contributed by atoms with van der Waals surface area (Å²) in [6.07, 6.45) is 1.70. The van der Waals surface area contributed by atoms with Crippen LogP contribution >= 0.6 is 0 Å². The van der Waals surface area contributed by atoms with Crippen LogP contribution in [0.5, 0.6) is 0 Å². The second-order valence-corrected chi connectivity index (χ2v) is 1.59.